The van der Waals surface area contributed by atoms with Gasteiger partial charge in [-0.25, -0.2) is 0 Å². The molecule has 0 aliphatic heterocycles. The Kier molecular flexibility index (Phi) is 9.47. The Balaban J connectivity index is 0.000000321. The molecule has 0 aliphatic carbocycles. The standard InChI is InChI=1S/2C7H6O2.O.V/c2*8-7(9)6-4-2-1-3-5-6;;/h2*1-5H,(H,8,9);;/q;;;+2/p-2. The molecule has 5 nitrogen and oxygen atoms in total. The van der Waals surface area contributed by atoms with Crippen LogP contribution in [0.1, 0.15) is 20.7 Å². The molecule has 0 aromatic heterocycles. The van der Waals surface area contributed by atoms with Gasteiger partial charge >= 0.3 is 21.0 Å². The van der Waals surface area contributed by atoms with E-state index >= 15 is 0 Å². The van der Waals surface area contributed by atoms with Gasteiger partial charge in [0.05, 0.1) is 11.9 Å². The van der Waals surface area contributed by atoms with E-state index in [9.17, 15) is 19.8 Å². The first-order valence-electron chi connectivity index (χ1n) is 5.32. The van der Waals surface area contributed by atoms with Crippen LogP contribution in [0, 0.1) is 0 Å². The number of carbonyl (C=O) groups excluding carboxylic acids is 2. The molecule has 0 heterocycles. The van der Waals surface area contributed by atoms with Gasteiger partial charge in [-0.3, -0.25) is 0 Å². The maximum absolute atomic E-state index is 10.1. The quantitative estimate of drug-likeness (QED) is 0.776. The van der Waals surface area contributed by atoms with Crippen LogP contribution >= 0.6 is 0 Å². The number of hydrogen-bond donors (Lipinski definition) is 0. The average molecular weight is 309 g/mol. The molecule has 0 spiro atoms. The summed E-state index contributed by atoms with van der Waals surface area (Å²) >= 11 is 1.06. The van der Waals surface area contributed by atoms with E-state index in [0.29, 0.717) is 0 Å². The van der Waals surface area contributed by atoms with Crippen LogP contribution in [0.25, 0.3) is 0 Å². The van der Waals surface area contributed by atoms with Crippen molar-refractivity contribution in [1.82, 2.24) is 0 Å². The normalized spacial score (nSPS) is 8.30. The molecule has 0 N–H and O–H groups in total. The van der Waals surface area contributed by atoms with Crippen LogP contribution in [0.3, 0.4) is 0 Å². The second-order valence-corrected chi connectivity index (χ2v) is 3.31. The molecule has 0 unspecified atom stereocenters. The van der Waals surface area contributed by atoms with Crippen molar-refractivity contribution < 1.29 is 40.8 Å². The Bertz CT molecular complexity index is 478. The molecular weight excluding hydrogens is 299 g/mol. The van der Waals surface area contributed by atoms with Crippen molar-refractivity contribution in [3.8, 4) is 0 Å². The molecule has 0 atom stereocenters. The topological polar surface area (TPSA) is 97.3 Å². The van der Waals surface area contributed by atoms with Crippen LogP contribution in [0.2, 0.25) is 0 Å². The zero-order valence-electron chi connectivity index (χ0n) is 10.3. The van der Waals surface area contributed by atoms with Crippen molar-refractivity contribution in [3.63, 3.8) is 0 Å². The van der Waals surface area contributed by atoms with Crippen molar-refractivity contribution in [2.45, 2.75) is 0 Å². The van der Waals surface area contributed by atoms with Crippen molar-refractivity contribution in [2.24, 2.45) is 0 Å². The molecule has 2 aromatic carbocycles. The summed E-state index contributed by atoms with van der Waals surface area (Å²) < 4.78 is 8.19. The third kappa shape index (κ3) is 7.25. The van der Waals surface area contributed by atoms with Gasteiger partial charge in [0.15, 0.2) is 0 Å². The van der Waals surface area contributed by atoms with Gasteiger partial charge in [0.2, 0.25) is 0 Å². The summed E-state index contributed by atoms with van der Waals surface area (Å²) in [7, 11) is 0. The fourth-order valence-electron chi connectivity index (χ4n) is 1.15. The van der Waals surface area contributed by atoms with Crippen LogP contribution in [0.15, 0.2) is 60.7 Å². The van der Waals surface area contributed by atoms with Crippen LogP contribution in [0.5, 0.6) is 0 Å². The summed E-state index contributed by atoms with van der Waals surface area (Å²) in [6, 6.07) is 16.1. The molecule has 0 saturated carbocycles. The third-order valence-electron chi connectivity index (χ3n) is 2.02. The van der Waals surface area contributed by atoms with E-state index < -0.39 is 11.9 Å². The van der Waals surface area contributed by atoms with E-state index in [-0.39, 0.29) is 11.1 Å². The molecule has 0 amide bonds. The van der Waals surface area contributed by atoms with Crippen molar-refractivity contribution in [2.75, 3.05) is 0 Å². The fourth-order valence-corrected chi connectivity index (χ4v) is 1.15. The number of carboxylic acids is 2. The molecule has 0 fully saturated rings. The number of aromatic carboxylic acids is 2. The van der Waals surface area contributed by atoms with Crippen molar-refractivity contribution >= 4 is 11.9 Å². The minimum atomic E-state index is -1.13. The molecule has 2 rings (SSSR count). The second-order valence-electron chi connectivity index (χ2n) is 3.31. The zero-order chi connectivity index (χ0) is 15.4. The summed E-state index contributed by atoms with van der Waals surface area (Å²) in [5.41, 5.74) is 0.440. The molecule has 0 radical (unpaired) electrons. The Hall–Kier alpha value is -2.24. The first-order chi connectivity index (χ1) is 9.61. The van der Waals surface area contributed by atoms with E-state index in [0.717, 1.165) is 17.4 Å². The second kappa shape index (κ2) is 10.7. The molecule has 101 valence electrons. The molecular formula is C14H10O5V. The number of rotatable bonds is 2. The van der Waals surface area contributed by atoms with Gasteiger partial charge in [-0.1, -0.05) is 60.7 Å². The molecule has 0 saturated heterocycles. The maximum atomic E-state index is 10.1. The van der Waals surface area contributed by atoms with E-state index in [1.807, 2.05) is 0 Å². The number of carboxylic acid groups (broad SMARTS) is 2. The predicted molar refractivity (Wildman–Crippen MR) is 62.2 cm³/mol. The summed E-state index contributed by atoms with van der Waals surface area (Å²) in [6.45, 7) is 0. The van der Waals surface area contributed by atoms with Gasteiger partial charge in [0.1, 0.15) is 0 Å². The number of hydrogen-bond acceptors (Lipinski definition) is 5. The van der Waals surface area contributed by atoms with Crippen LogP contribution in [0.4, 0.5) is 0 Å². The predicted octanol–water partition coefficient (Wildman–Crippen LogP) is -0.0211. The van der Waals surface area contributed by atoms with Crippen LogP contribution < -0.4 is 10.2 Å². The Morgan fingerprint density at radius 1 is 0.650 bits per heavy atom. The SMILES string of the molecule is O=C([O-])c1ccccc1.O=C([O-])c1ccccc1.[O]=[V+2]. The van der Waals surface area contributed by atoms with Gasteiger partial charge < -0.3 is 19.8 Å². The summed E-state index contributed by atoms with van der Waals surface area (Å²) in [5.74, 6) is -2.26. The first-order valence-corrected chi connectivity index (χ1v) is 5.89. The fraction of sp³-hybridized carbons (Fsp3) is 0. The first kappa shape index (κ1) is 17.8. The van der Waals surface area contributed by atoms with Crippen LogP contribution in [-0.2, 0) is 21.0 Å². The van der Waals surface area contributed by atoms with Crippen LogP contribution in [-0.4, -0.2) is 11.9 Å². The number of benzene rings is 2. The molecule has 6 heteroatoms. The summed E-state index contributed by atoms with van der Waals surface area (Å²) in [4.78, 5) is 20.2. The monoisotopic (exact) mass is 309 g/mol. The van der Waals surface area contributed by atoms with Gasteiger partial charge in [0.25, 0.3) is 0 Å². The molecule has 0 bridgehead atoms. The van der Waals surface area contributed by atoms with E-state index in [2.05, 4.69) is 0 Å². The number of carbonyl (C=O) groups is 2. The van der Waals surface area contributed by atoms with Crippen molar-refractivity contribution in [1.29, 1.82) is 0 Å². The Morgan fingerprint density at radius 2 is 0.900 bits per heavy atom. The van der Waals surface area contributed by atoms with Gasteiger partial charge in [-0.2, -0.15) is 0 Å². The zero-order valence-corrected chi connectivity index (χ0v) is 11.7. The van der Waals surface area contributed by atoms with Gasteiger partial charge in [-0.15, -0.1) is 0 Å². The minimum absolute atomic E-state index is 0.220. The third-order valence-corrected chi connectivity index (χ3v) is 2.02. The van der Waals surface area contributed by atoms with Crippen molar-refractivity contribution in [3.05, 3.63) is 71.8 Å². The molecule has 0 aliphatic rings. The van der Waals surface area contributed by atoms with E-state index in [4.69, 9.17) is 3.67 Å². The van der Waals surface area contributed by atoms with E-state index in [1.165, 1.54) is 24.3 Å². The Labute approximate surface area is 125 Å². The molecule has 2 aromatic rings. The molecule has 20 heavy (non-hydrogen) atoms. The Morgan fingerprint density at radius 3 is 1.05 bits per heavy atom. The summed E-state index contributed by atoms with van der Waals surface area (Å²) in [6.07, 6.45) is 0. The average Bonchev–Trinajstić information content (AvgIpc) is 2.51. The summed E-state index contributed by atoms with van der Waals surface area (Å²) in [5, 5.41) is 20.2. The van der Waals surface area contributed by atoms with Gasteiger partial charge in [0, 0.05) is 0 Å². The van der Waals surface area contributed by atoms with Gasteiger partial charge in [-0.05, 0) is 11.1 Å². The van der Waals surface area contributed by atoms with E-state index in [1.54, 1.807) is 36.4 Å².